The largest absolute Gasteiger partial charge is 0.341 e. The Morgan fingerprint density at radius 1 is 1.57 bits per heavy atom. The molecule has 1 aromatic rings. The molecule has 0 fully saturated rings. The molecule has 0 aliphatic rings. The van der Waals surface area contributed by atoms with Crippen LogP contribution in [-0.2, 0) is 0 Å². The first-order chi connectivity index (χ1) is 6.65. The molecule has 1 rings (SSSR count). The van der Waals surface area contributed by atoms with E-state index in [2.05, 4.69) is 15.9 Å². The number of carbonyl (C=O) groups is 1. The predicted molar refractivity (Wildman–Crippen MR) is 64.4 cm³/mol. The van der Waals surface area contributed by atoms with Gasteiger partial charge in [-0.15, -0.1) is 11.3 Å². The molecule has 1 amide bonds. The summed E-state index contributed by atoms with van der Waals surface area (Å²) in [4.78, 5) is 15.6. The van der Waals surface area contributed by atoms with Gasteiger partial charge in [-0.2, -0.15) is 0 Å². The van der Waals surface area contributed by atoms with Crippen LogP contribution >= 0.6 is 27.3 Å². The van der Waals surface area contributed by atoms with Crippen molar-refractivity contribution in [2.24, 2.45) is 0 Å². The average Bonchev–Trinajstić information content (AvgIpc) is 2.60. The normalized spacial score (nSPS) is 10.2. The molecule has 1 aromatic heterocycles. The summed E-state index contributed by atoms with van der Waals surface area (Å²) in [6.07, 6.45) is 0.993. The molecule has 0 aliphatic carbocycles. The highest BCUT2D eigenvalue weighted by Crippen LogP contribution is 2.16. The Balaban J connectivity index is 2.56. The smallest absolute Gasteiger partial charge is 0.263 e. The zero-order valence-electron chi connectivity index (χ0n) is 8.42. The summed E-state index contributed by atoms with van der Waals surface area (Å²) in [6, 6.07) is 3.88. The third-order valence-electron chi connectivity index (χ3n) is 1.92. The first-order valence-electron chi connectivity index (χ1n) is 4.53. The second-order valence-electron chi connectivity index (χ2n) is 3.18. The first kappa shape index (κ1) is 11.7. The van der Waals surface area contributed by atoms with E-state index in [0.717, 1.165) is 23.2 Å². The maximum Gasteiger partial charge on any atom is 0.263 e. The van der Waals surface area contributed by atoms with Crippen LogP contribution in [-0.4, -0.2) is 29.7 Å². The third-order valence-corrected chi connectivity index (χ3v) is 3.47. The van der Waals surface area contributed by atoms with E-state index in [1.807, 2.05) is 26.1 Å². The molecular weight excluding hydrogens is 262 g/mol. The van der Waals surface area contributed by atoms with E-state index < -0.39 is 0 Å². The predicted octanol–water partition coefficient (Wildman–Crippen LogP) is 2.91. The van der Waals surface area contributed by atoms with Gasteiger partial charge in [0.1, 0.15) is 0 Å². The number of hydrogen-bond acceptors (Lipinski definition) is 2. The van der Waals surface area contributed by atoms with Crippen LogP contribution in [0.1, 0.15) is 21.0 Å². The van der Waals surface area contributed by atoms with Crippen molar-refractivity contribution in [1.82, 2.24) is 4.90 Å². The number of thiophene rings is 1. The van der Waals surface area contributed by atoms with Gasteiger partial charge in [0.25, 0.3) is 5.91 Å². The number of hydrogen-bond donors (Lipinski definition) is 0. The first-order valence-corrected chi connectivity index (χ1v) is 6.47. The third kappa shape index (κ3) is 3.10. The fraction of sp³-hybridized carbons (Fsp3) is 0.500. The number of rotatable bonds is 4. The van der Waals surface area contributed by atoms with Crippen LogP contribution in [0.4, 0.5) is 0 Å². The number of aryl methyl sites for hydroxylation is 1. The van der Waals surface area contributed by atoms with E-state index in [-0.39, 0.29) is 5.91 Å². The van der Waals surface area contributed by atoms with Gasteiger partial charge in [-0.05, 0) is 25.5 Å². The van der Waals surface area contributed by atoms with Gasteiger partial charge in [0, 0.05) is 23.8 Å². The van der Waals surface area contributed by atoms with Gasteiger partial charge in [-0.3, -0.25) is 4.79 Å². The minimum absolute atomic E-state index is 0.129. The van der Waals surface area contributed by atoms with Gasteiger partial charge in [0.15, 0.2) is 0 Å². The molecule has 0 spiro atoms. The van der Waals surface area contributed by atoms with Crippen LogP contribution in [0.3, 0.4) is 0 Å². The Labute approximate surface area is 97.1 Å². The SMILES string of the molecule is Cc1ccc(C(=O)N(C)CCCBr)s1. The lowest BCUT2D eigenvalue weighted by Crippen LogP contribution is -2.27. The average molecular weight is 276 g/mol. The summed E-state index contributed by atoms with van der Waals surface area (Å²) in [5.41, 5.74) is 0. The van der Waals surface area contributed by atoms with E-state index in [1.165, 1.54) is 4.88 Å². The monoisotopic (exact) mass is 275 g/mol. The molecule has 0 atom stereocenters. The topological polar surface area (TPSA) is 20.3 Å². The molecule has 0 saturated carbocycles. The molecule has 1 heterocycles. The summed E-state index contributed by atoms with van der Waals surface area (Å²) in [5, 5.41) is 0.939. The van der Waals surface area contributed by atoms with E-state index in [4.69, 9.17) is 0 Å². The van der Waals surface area contributed by atoms with Crippen LogP contribution in [0.15, 0.2) is 12.1 Å². The zero-order chi connectivity index (χ0) is 10.6. The van der Waals surface area contributed by atoms with Crippen molar-refractivity contribution < 1.29 is 4.79 Å². The molecule has 0 aromatic carbocycles. The van der Waals surface area contributed by atoms with Crippen LogP contribution in [0.5, 0.6) is 0 Å². The Hall–Kier alpha value is -0.350. The van der Waals surface area contributed by atoms with Crippen molar-refractivity contribution in [1.29, 1.82) is 0 Å². The highest BCUT2D eigenvalue weighted by Gasteiger charge is 2.12. The van der Waals surface area contributed by atoms with Crippen molar-refractivity contribution in [2.45, 2.75) is 13.3 Å². The van der Waals surface area contributed by atoms with Gasteiger partial charge in [-0.25, -0.2) is 0 Å². The summed E-state index contributed by atoms with van der Waals surface area (Å²) in [5.74, 6) is 0.129. The number of halogens is 1. The lowest BCUT2D eigenvalue weighted by Gasteiger charge is -2.14. The molecule has 0 aliphatic heterocycles. The number of nitrogens with zero attached hydrogens (tertiary/aromatic N) is 1. The van der Waals surface area contributed by atoms with Gasteiger partial charge < -0.3 is 4.90 Å². The molecular formula is C10H14BrNOS. The Morgan fingerprint density at radius 2 is 2.29 bits per heavy atom. The van der Waals surface area contributed by atoms with E-state index in [0.29, 0.717) is 0 Å². The fourth-order valence-corrected chi connectivity index (χ4v) is 2.25. The van der Waals surface area contributed by atoms with Crippen molar-refractivity contribution in [2.75, 3.05) is 18.9 Å². The molecule has 0 N–H and O–H groups in total. The lowest BCUT2D eigenvalue weighted by molar-refractivity contribution is 0.0800. The number of alkyl halides is 1. The summed E-state index contributed by atoms with van der Waals surface area (Å²) >= 11 is 4.91. The second kappa shape index (κ2) is 5.51. The van der Waals surface area contributed by atoms with Crippen LogP contribution in [0.25, 0.3) is 0 Å². The summed E-state index contributed by atoms with van der Waals surface area (Å²) < 4.78 is 0. The second-order valence-corrected chi connectivity index (χ2v) is 5.26. The van der Waals surface area contributed by atoms with Crippen LogP contribution < -0.4 is 0 Å². The highest BCUT2D eigenvalue weighted by molar-refractivity contribution is 9.09. The summed E-state index contributed by atoms with van der Waals surface area (Å²) in [7, 11) is 1.85. The van der Waals surface area contributed by atoms with E-state index >= 15 is 0 Å². The quantitative estimate of drug-likeness (QED) is 0.774. The van der Waals surface area contributed by atoms with E-state index in [1.54, 1.807) is 16.2 Å². The highest BCUT2D eigenvalue weighted by atomic mass is 79.9. The Morgan fingerprint density at radius 3 is 2.79 bits per heavy atom. The molecule has 2 nitrogen and oxygen atoms in total. The standard InChI is InChI=1S/C10H14BrNOS/c1-8-4-5-9(14-8)10(13)12(2)7-3-6-11/h4-5H,3,6-7H2,1-2H3. The van der Waals surface area contributed by atoms with Crippen LogP contribution in [0.2, 0.25) is 0 Å². The Kier molecular flexibility index (Phi) is 4.62. The van der Waals surface area contributed by atoms with Crippen LogP contribution in [0, 0.1) is 6.92 Å². The van der Waals surface area contributed by atoms with Crippen molar-refractivity contribution >= 4 is 33.2 Å². The minimum atomic E-state index is 0.129. The maximum atomic E-state index is 11.8. The fourth-order valence-electron chi connectivity index (χ4n) is 1.14. The van der Waals surface area contributed by atoms with Gasteiger partial charge >= 0.3 is 0 Å². The van der Waals surface area contributed by atoms with Crippen molar-refractivity contribution in [3.8, 4) is 0 Å². The molecule has 0 bridgehead atoms. The molecule has 0 saturated heterocycles. The van der Waals surface area contributed by atoms with Gasteiger partial charge in [0.05, 0.1) is 4.88 Å². The van der Waals surface area contributed by atoms with Crippen molar-refractivity contribution in [3.63, 3.8) is 0 Å². The van der Waals surface area contributed by atoms with Gasteiger partial charge in [-0.1, -0.05) is 15.9 Å². The summed E-state index contributed by atoms with van der Waals surface area (Å²) in [6.45, 7) is 2.82. The molecule has 14 heavy (non-hydrogen) atoms. The molecule has 0 radical (unpaired) electrons. The molecule has 0 unspecified atom stereocenters. The number of carbonyl (C=O) groups excluding carboxylic acids is 1. The maximum absolute atomic E-state index is 11.8. The van der Waals surface area contributed by atoms with E-state index in [9.17, 15) is 4.79 Å². The lowest BCUT2D eigenvalue weighted by atomic mass is 10.3. The Bertz CT molecular complexity index is 311. The minimum Gasteiger partial charge on any atom is -0.341 e. The van der Waals surface area contributed by atoms with Gasteiger partial charge in [0.2, 0.25) is 0 Å². The zero-order valence-corrected chi connectivity index (χ0v) is 10.8. The molecule has 4 heteroatoms. The number of amides is 1. The van der Waals surface area contributed by atoms with Crippen molar-refractivity contribution in [3.05, 3.63) is 21.9 Å². The molecule has 78 valence electrons.